The van der Waals surface area contributed by atoms with E-state index in [1.165, 1.54) is 0 Å². The van der Waals surface area contributed by atoms with Crippen LogP contribution in [-0.4, -0.2) is 59.5 Å². The van der Waals surface area contributed by atoms with Gasteiger partial charge in [-0.2, -0.15) is 5.10 Å². The Bertz CT molecular complexity index is 1070. The molecule has 3 heterocycles. The lowest BCUT2D eigenvalue weighted by Crippen LogP contribution is -2.41. The average molecular weight is 431 g/mol. The van der Waals surface area contributed by atoms with Crippen LogP contribution in [0.3, 0.4) is 0 Å². The molecule has 2 aliphatic rings. The fraction of sp³-hybridized carbons (Fsp3) is 0.476. The molecule has 2 amide bonds. The van der Waals surface area contributed by atoms with Crippen LogP contribution in [0.5, 0.6) is 0 Å². The summed E-state index contributed by atoms with van der Waals surface area (Å²) in [5.41, 5.74) is 8.43. The van der Waals surface area contributed by atoms with Gasteiger partial charge in [0.2, 0.25) is 5.91 Å². The molecule has 2 fully saturated rings. The molecule has 0 bridgehead atoms. The first kappa shape index (κ1) is 20.6. The van der Waals surface area contributed by atoms with E-state index < -0.39 is 9.84 Å². The van der Waals surface area contributed by atoms with Crippen LogP contribution in [-0.2, 0) is 14.6 Å². The van der Waals surface area contributed by atoms with Crippen molar-refractivity contribution in [2.75, 3.05) is 24.6 Å². The molecule has 8 nitrogen and oxygen atoms in total. The van der Waals surface area contributed by atoms with Crippen LogP contribution in [0.25, 0.3) is 11.3 Å². The standard InChI is InChI=1S/C21H26N4O4S/c1-14-2-4-15(5-3-14)19-12-18(23-25(19)17-8-11-30(28,29)13-17)21(27)24-9-6-16(7-10-24)20(22)26/h2-5,12,16-17H,6-11,13H2,1H3,(H2,22,26). The van der Waals surface area contributed by atoms with E-state index in [1.54, 1.807) is 15.6 Å². The van der Waals surface area contributed by atoms with E-state index in [2.05, 4.69) is 5.10 Å². The van der Waals surface area contributed by atoms with Gasteiger partial charge in [-0.05, 0) is 37.8 Å². The number of nitrogens with two attached hydrogens (primary N) is 1. The molecule has 1 atom stereocenters. The normalized spacial score (nSPS) is 21.6. The Hall–Kier alpha value is -2.68. The van der Waals surface area contributed by atoms with Gasteiger partial charge in [-0.3, -0.25) is 14.3 Å². The molecule has 2 saturated heterocycles. The highest BCUT2D eigenvalue weighted by Crippen LogP contribution is 2.31. The molecule has 2 aliphatic heterocycles. The van der Waals surface area contributed by atoms with E-state index in [-0.39, 0.29) is 35.3 Å². The van der Waals surface area contributed by atoms with Crippen LogP contribution in [0.4, 0.5) is 0 Å². The number of likely N-dealkylation sites (tertiary alicyclic amines) is 1. The molecule has 160 valence electrons. The number of carbonyl (C=O) groups is 2. The number of rotatable bonds is 4. The zero-order valence-electron chi connectivity index (χ0n) is 17.0. The Morgan fingerprint density at radius 2 is 1.77 bits per heavy atom. The number of aromatic nitrogens is 2. The van der Waals surface area contributed by atoms with Crippen molar-refractivity contribution >= 4 is 21.7 Å². The van der Waals surface area contributed by atoms with Crippen LogP contribution in [0.15, 0.2) is 30.3 Å². The van der Waals surface area contributed by atoms with E-state index in [1.807, 2.05) is 31.2 Å². The number of aryl methyl sites for hydroxylation is 1. The summed E-state index contributed by atoms with van der Waals surface area (Å²) in [7, 11) is -3.09. The van der Waals surface area contributed by atoms with Crippen LogP contribution in [0.1, 0.15) is 41.4 Å². The molecule has 2 aromatic rings. The van der Waals surface area contributed by atoms with Gasteiger partial charge in [0.25, 0.3) is 5.91 Å². The van der Waals surface area contributed by atoms with E-state index in [0.717, 1.165) is 16.8 Å². The minimum Gasteiger partial charge on any atom is -0.369 e. The van der Waals surface area contributed by atoms with Gasteiger partial charge in [0, 0.05) is 19.0 Å². The highest BCUT2D eigenvalue weighted by Gasteiger charge is 2.33. The molecule has 1 aromatic carbocycles. The first-order valence-electron chi connectivity index (χ1n) is 10.2. The first-order valence-corrected chi connectivity index (χ1v) is 12.0. The summed E-state index contributed by atoms with van der Waals surface area (Å²) in [6, 6.07) is 9.34. The minimum absolute atomic E-state index is 0.0329. The van der Waals surface area contributed by atoms with Crippen molar-refractivity contribution in [3.63, 3.8) is 0 Å². The van der Waals surface area contributed by atoms with Gasteiger partial charge < -0.3 is 10.6 Å². The Morgan fingerprint density at radius 3 is 2.33 bits per heavy atom. The van der Waals surface area contributed by atoms with Crippen molar-refractivity contribution in [1.29, 1.82) is 0 Å². The fourth-order valence-corrected chi connectivity index (χ4v) is 5.91. The topological polar surface area (TPSA) is 115 Å². The third kappa shape index (κ3) is 4.12. The van der Waals surface area contributed by atoms with Crippen molar-refractivity contribution in [2.45, 2.75) is 32.2 Å². The summed E-state index contributed by atoms with van der Waals surface area (Å²) in [6.45, 7) is 2.91. The summed E-state index contributed by atoms with van der Waals surface area (Å²) in [5, 5.41) is 4.56. The second kappa shape index (κ2) is 7.86. The summed E-state index contributed by atoms with van der Waals surface area (Å²) in [4.78, 5) is 26.2. The van der Waals surface area contributed by atoms with E-state index in [0.29, 0.717) is 38.0 Å². The predicted molar refractivity (Wildman–Crippen MR) is 113 cm³/mol. The minimum atomic E-state index is -3.09. The molecule has 0 radical (unpaired) electrons. The monoisotopic (exact) mass is 430 g/mol. The summed E-state index contributed by atoms with van der Waals surface area (Å²) in [6.07, 6.45) is 1.58. The van der Waals surface area contributed by atoms with Gasteiger partial charge in [-0.1, -0.05) is 29.8 Å². The summed E-state index contributed by atoms with van der Waals surface area (Å²) >= 11 is 0. The zero-order chi connectivity index (χ0) is 21.5. The maximum Gasteiger partial charge on any atom is 0.274 e. The van der Waals surface area contributed by atoms with Gasteiger partial charge in [0.05, 0.1) is 23.2 Å². The molecule has 1 aromatic heterocycles. The van der Waals surface area contributed by atoms with Crippen molar-refractivity contribution in [3.05, 3.63) is 41.6 Å². The molecule has 0 aliphatic carbocycles. The van der Waals surface area contributed by atoms with E-state index in [4.69, 9.17) is 5.73 Å². The predicted octanol–water partition coefficient (Wildman–Crippen LogP) is 1.56. The Labute approximate surface area is 176 Å². The highest BCUT2D eigenvalue weighted by atomic mass is 32.2. The third-order valence-corrected chi connectivity index (χ3v) is 7.79. The zero-order valence-corrected chi connectivity index (χ0v) is 17.8. The number of primary amides is 1. The van der Waals surface area contributed by atoms with Crippen molar-refractivity contribution < 1.29 is 18.0 Å². The van der Waals surface area contributed by atoms with Crippen molar-refractivity contribution in [3.8, 4) is 11.3 Å². The van der Waals surface area contributed by atoms with Gasteiger partial charge in [-0.25, -0.2) is 8.42 Å². The SMILES string of the molecule is Cc1ccc(-c2cc(C(=O)N3CCC(C(N)=O)CC3)nn2C2CCS(=O)(=O)C2)cc1. The maximum absolute atomic E-state index is 13.1. The highest BCUT2D eigenvalue weighted by molar-refractivity contribution is 7.91. The van der Waals surface area contributed by atoms with E-state index in [9.17, 15) is 18.0 Å². The molecule has 9 heteroatoms. The maximum atomic E-state index is 13.1. The van der Waals surface area contributed by atoms with Gasteiger partial charge >= 0.3 is 0 Å². The Kier molecular flexibility index (Phi) is 5.40. The van der Waals surface area contributed by atoms with Crippen LogP contribution in [0.2, 0.25) is 0 Å². The third-order valence-electron chi connectivity index (χ3n) is 6.04. The number of nitrogens with zero attached hydrogens (tertiary/aromatic N) is 3. The molecule has 1 unspecified atom stereocenters. The number of carbonyl (C=O) groups excluding carboxylic acids is 2. The van der Waals surface area contributed by atoms with Crippen LogP contribution < -0.4 is 5.73 Å². The van der Waals surface area contributed by atoms with Crippen LogP contribution >= 0.6 is 0 Å². The molecule has 4 rings (SSSR count). The van der Waals surface area contributed by atoms with Crippen molar-refractivity contribution in [2.24, 2.45) is 11.7 Å². The Morgan fingerprint density at radius 1 is 1.10 bits per heavy atom. The number of benzene rings is 1. The second-order valence-electron chi connectivity index (χ2n) is 8.25. The Balaban J connectivity index is 1.64. The molecule has 0 spiro atoms. The lowest BCUT2D eigenvalue weighted by Gasteiger charge is -2.30. The lowest BCUT2D eigenvalue weighted by molar-refractivity contribution is -0.123. The second-order valence-corrected chi connectivity index (χ2v) is 10.5. The summed E-state index contributed by atoms with van der Waals surface area (Å²) in [5.74, 6) is -0.556. The molecule has 0 saturated carbocycles. The first-order chi connectivity index (χ1) is 14.2. The number of hydrogen-bond donors (Lipinski definition) is 1. The van der Waals surface area contributed by atoms with Crippen LogP contribution in [0, 0.1) is 12.8 Å². The number of amides is 2. The number of piperidine rings is 1. The van der Waals surface area contributed by atoms with E-state index >= 15 is 0 Å². The van der Waals surface area contributed by atoms with Gasteiger partial charge in [-0.15, -0.1) is 0 Å². The number of hydrogen-bond acceptors (Lipinski definition) is 5. The average Bonchev–Trinajstić information content (AvgIpc) is 3.31. The lowest BCUT2D eigenvalue weighted by atomic mass is 9.96. The largest absolute Gasteiger partial charge is 0.369 e. The smallest absolute Gasteiger partial charge is 0.274 e. The van der Waals surface area contributed by atoms with Gasteiger partial charge in [0.15, 0.2) is 15.5 Å². The fourth-order valence-electron chi connectivity index (χ4n) is 4.21. The van der Waals surface area contributed by atoms with Crippen molar-refractivity contribution in [1.82, 2.24) is 14.7 Å². The molecule has 2 N–H and O–H groups in total. The van der Waals surface area contributed by atoms with Gasteiger partial charge in [0.1, 0.15) is 0 Å². The number of sulfone groups is 1. The quantitative estimate of drug-likeness (QED) is 0.790. The molecular weight excluding hydrogens is 404 g/mol. The molecular formula is C21H26N4O4S. The summed E-state index contributed by atoms with van der Waals surface area (Å²) < 4.78 is 25.8. The molecule has 30 heavy (non-hydrogen) atoms.